The Hall–Kier alpha value is -3.19. The van der Waals surface area contributed by atoms with Gasteiger partial charge in [-0.3, -0.25) is 0 Å². The molecule has 0 saturated carbocycles. The van der Waals surface area contributed by atoms with Crippen LogP contribution in [0.2, 0.25) is 0 Å². The highest BCUT2D eigenvalue weighted by molar-refractivity contribution is 6.06. The van der Waals surface area contributed by atoms with Crippen LogP contribution in [0.5, 0.6) is 0 Å². The number of rotatable bonds is 1. The molecular weight excluding hydrogens is 302 g/mol. The van der Waals surface area contributed by atoms with Crippen molar-refractivity contribution >= 4 is 32.4 Å². The van der Waals surface area contributed by atoms with E-state index in [2.05, 4.69) is 91.9 Å². The van der Waals surface area contributed by atoms with Gasteiger partial charge in [0.1, 0.15) is 0 Å². The molecule has 5 rings (SSSR count). The Labute approximate surface area is 146 Å². The number of fused-ring (bicyclic) bond motifs is 4. The molecule has 0 aliphatic rings. The second-order valence-electron chi connectivity index (χ2n) is 6.57. The van der Waals surface area contributed by atoms with Gasteiger partial charge in [-0.25, -0.2) is 4.98 Å². The van der Waals surface area contributed by atoms with Crippen LogP contribution in [-0.2, 0) is 0 Å². The van der Waals surface area contributed by atoms with Crippen LogP contribution >= 0.6 is 0 Å². The molecule has 0 fully saturated rings. The molecule has 1 heterocycles. The lowest BCUT2D eigenvalue weighted by Gasteiger charge is -2.10. The standard InChI is InChI=1S/C24H17N/c1-16-14-23(20-11-10-17-6-2-3-8-19(17)15-20)25-24-21(16)13-12-18-7-4-5-9-22(18)24/h2-15H,1H3. The third kappa shape index (κ3) is 2.28. The Balaban J connectivity index is 1.81. The summed E-state index contributed by atoms with van der Waals surface area (Å²) >= 11 is 0. The summed E-state index contributed by atoms with van der Waals surface area (Å²) in [4.78, 5) is 5.04. The first kappa shape index (κ1) is 14.2. The summed E-state index contributed by atoms with van der Waals surface area (Å²) in [7, 11) is 0. The molecule has 1 aromatic heterocycles. The lowest BCUT2D eigenvalue weighted by molar-refractivity contribution is 1.37. The van der Waals surface area contributed by atoms with Gasteiger partial charge in [-0.05, 0) is 40.8 Å². The number of benzene rings is 4. The minimum atomic E-state index is 1.03. The zero-order valence-corrected chi connectivity index (χ0v) is 14.0. The first-order valence-corrected chi connectivity index (χ1v) is 8.58. The van der Waals surface area contributed by atoms with E-state index >= 15 is 0 Å². The van der Waals surface area contributed by atoms with Gasteiger partial charge in [0.25, 0.3) is 0 Å². The topological polar surface area (TPSA) is 12.9 Å². The summed E-state index contributed by atoms with van der Waals surface area (Å²) in [5, 5.41) is 6.18. The normalized spacial score (nSPS) is 11.4. The van der Waals surface area contributed by atoms with Crippen molar-refractivity contribution in [1.29, 1.82) is 0 Å². The molecule has 0 aliphatic heterocycles. The second-order valence-corrected chi connectivity index (χ2v) is 6.57. The zero-order chi connectivity index (χ0) is 16.8. The van der Waals surface area contributed by atoms with Gasteiger partial charge in [0.15, 0.2) is 0 Å². The van der Waals surface area contributed by atoms with Crippen LogP contribution in [0.25, 0.3) is 43.7 Å². The minimum absolute atomic E-state index is 1.03. The van der Waals surface area contributed by atoms with E-state index in [4.69, 9.17) is 4.98 Å². The fourth-order valence-electron chi connectivity index (χ4n) is 3.63. The molecule has 0 unspecified atom stereocenters. The number of pyridine rings is 1. The summed E-state index contributed by atoms with van der Waals surface area (Å²) in [6.45, 7) is 2.17. The van der Waals surface area contributed by atoms with Gasteiger partial charge >= 0.3 is 0 Å². The average molecular weight is 319 g/mol. The molecule has 0 bridgehead atoms. The van der Waals surface area contributed by atoms with E-state index in [0.29, 0.717) is 0 Å². The van der Waals surface area contributed by atoms with Crippen molar-refractivity contribution < 1.29 is 0 Å². The number of aryl methyl sites for hydroxylation is 1. The van der Waals surface area contributed by atoms with Crippen LogP contribution in [0.15, 0.2) is 84.9 Å². The maximum atomic E-state index is 5.04. The molecule has 4 aromatic carbocycles. The summed E-state index contributed by atoms with van der Waals surface area (Å²) in [6, 6.07) is 30.1. The van der Waals surface area contributed by atoms with Gasteiger partial charge in [0, 0.05) is 16.3 Å². The Morgan fingerprint density at radius 1 is 0.600 bits per heavy atom. The van der Waals surface area contributed by atoms with Gasteiger partial charge in [0.05, 0.1) is 11.2 Å². The van der Waals surface area contributed by atoms with E-state index in [1.807, 2.05) is 0 Å². The van der Waals surface area contributed by atoms with E-state index in [1.54, 1.807) is 0 Å². The van der Waals surface area contributed by atoms with Crippen molar-refractivity contribution in [3.8, 4) is 11.3 Å². The van der Waals surface area contributed by atoms with E-state index in [1.165, 1.54) is 32.5 Å². The first-order valence-electron chi connectivity index (χ1n) is 8.58. The highest BCUT2D eigenvalue weighted by Crippen LogP contribution is 2.30. The van der Waals surface area contributed by atoms with Crippen molar-refractivity contribution in [2.75, 3.05) is 0 Å². The van der Waals surface area contributed by atoms with Crippen LogP contribution in [0.3, 0.4) is 0 Å². The van der Waals surface area contributed by atoms with Crippen LogP contribution in [0.4, 0.5) is 0 Å². The maximum Gasteiger partial charge on any atom is 0.0790 e. The Morgan fingerprint density at radius 3 is 2.20 bits per heavy atom. The quantitative estimate of drug-likeness (QED) is 0.321. The van der Waals surface area contributed by atoms with Crippen molar-refractivity contribution in [1.82, 2.24) is 4.98 Å². The minimum Gasteiger partial charge on any atom is -0.247 e. The molecule has 5 aromatic rings. The smallest absolute Gasteiger partial charge is 0.0790 e. The summed E-state index contributed by atoms with van der Waals surface area (Å²) < 4.78 is 0. The third-order valence-electron chi connectivity index (χ3n) is 4.96. The molecule has 1 heteroatoms. The second kappa shape index (κ2) is 5.42. The number of hydrogen-bond donors (Lipinski definition) is 0. The predicted molar refractivity (Wildman–Crippen MR) is 107 cm³/mol. The van der Waals surface area contributed by atoms with Crippen LogP contribution in [0, 0.1) is 6.92 Å². The van der Waals surface area contributed by atoms with E-state index < -0.39 is 0 Å². The lowest BCUT2D eigenvalue weighted by atomic mass is 9.99. The molecule has 118 valence electrons. The molecule has 0 aliphatic carbocycles. The van der Waals surface area contributed by atoms with Gasteiger partial charge in [-0.15, -0.1) is 0 Å². The molecule has 0 radical (unpaired) electrons. The molecule has 0 N–H and O–H groups in total. The van der Waals surface area contributed by atoms with Crippen molar-refractivity contribution in [2.24, 2.45) is 0 Å². The predicted octanol–water partition coefficient (Wildman–Crippen LogP) is 6.52. The lowest BCUT2D eigenvalue weighted by Crippen LogP contribution is -1.90. The third-order valence-corrected chi connectivity index (χ3v) is 4.96. The number of nitrogens with zero attached hydrogens (tertiary/aromatic N) is 1. The van der Waals surface area contributed by atoms with Crippen molar-refractivity contribution in [3.63, 3.8) is 0 Å². The Morgan fingerprint density at radius 2 is 1.32 bits per heavy atom. The monoisotopic (exact) mass is 319 g/mol. The van der Waals surface area contributed by atoms with Crippen molar-refractivity contribution in [3.05, 3.63) is 90.5 Å². The van der Waals surface area contributed by atoms with Crippen molar-refractivity contribution in [2.45, 2.75) is 6.92 Å². The van der Waals surface area contributed by atoms with Crippen LogP contribution in [0.1, 0.15) is 5.56 Å². The largest absolute Gasteiger partial charge is 0.247 e. The molecule has 0 amide bonds. The van der Waals surface area contributed by atoms with E-state index in [0.717, 1.165) is 16.8 Å². The molecule has 25 heavy (non-hydrogen) atoms. The van der Waals surface area contributed by atoms with Gasteiger partial charge in [-0.2, -0.15) is 0 Å². The van der Waals surface area contributed by atoms with E-state index in [-0.39, 0.29) is 0 Å². The number of aromatic nitrogens is 1. The Bertz CT molecular complexity index is 1250. The summed E-state index contributed by atoms with van der Waals surface area (Å²) in [5.41, 5.74) is 4.55. The highest BCUT2D eigenvalue weighted by Gasteiger charge is 2.08. The maximum absolute atomic E-state index is 5.04. The van der Waals surface area contributed by atoms with Gasteiger partial charge < -0.3 is 0 Å². The molecular formula is C24H17N. The van der Waals surface area contributed by atoms with Crippen LogP contribution < -0.4 is 0 Å². The summed E-state index contributed by atoms with van der Waals surface area (Å²) in [5.74, 6) is 0. The van der Waals surface area contributed by atoms with Crippen LogP contribution in [-0.4, -0.2) is 4.98 Å². The SMILES string of the molecule is Cc1cc(-c2ccc3ccccc3c2)nc2c1ccc1ccccc12. The average Bonchev–Trinajstić information content (AvgIpc) is 2.67. The highest BCUT2D eigenvalue weighted by atomic mass is 14.7. The Kier molecular flexibility index (Phi) is 3.07. The molecule has 0 atom stereocenters. The molecule has 0 spiro atoms. The molecule has 1 nitrogen and oxygen atoms in total. The fourth-order valence-corrected chi connectivity index (χ4v) is 3.63. The first-order chi connectivity index (χ1) is 12.3. The zero-order valence-electron chi connectivity index (χ0n) is 14.0. The van der Waals surface area contributed by atoms with Gasteiger partial charge in [-0.1, -0.05) is 72.8 Å². The number of hydrogen-bond acceptors (Lipinski definition) is 1. The molecule has 0 saturated heterocycles. The van der Waals surface area contributed by atoms with E-state index in [9.17, 15) is 0 Å². The van der Waals surface area contributed by atoms with Gasteiger partial charge in [0.2, 0.25) is 0 Å². The fraction of sp³-hybridized carbons (Fsp3) is 0.0417. The summed E-state index contributed by atoms with van der Waals surface area (Å²) in [6.07, 6.45) is 0.